The van der Waals surface area contributed by atoms with E-state index in [4.69, 9.17) is 23.7 Å². The zero-order chi connectivity index (χ0) is 20.4. The molecule has 2 heterocycles. The van der Waals surface area contributed by atoms with Gasteiger partial charge in [-0.1, -0.05) is 30.3 Å². The van der Waals surface area contributed by atoms with Crippen LogP contribution in [0.15, 0.2) is 71.7 Å². The lowest BCUT2D eigenvalue weighted by atomic mass is 9.89. The predicted octanol–water partition coefficient (Wildman–Crippen LogP) is 2.79. The molecule has 0 bridgehead atoms. The van der Waals surface area contributed by atoms with Crippen LogP contribution in [0.2, 0.25) is 0 Å². The van der Waals surface area contributed by atoms with Crippen LogP contribution >= 0.6 is 0 Å². The van der Waals surface area contributed by atoms with Gasteiger partial charge in [0.25, 0.3) is 5.79 Å². The second-order valence-electron chi connectivity index (χ2n) is 6.53. The van der Waals surface area contributed by atoms with Gasteiger partial charge < -0.3 is 28.8 Å². The molecule has 0 saturated carbocycles. The molecule has 0 aliphatic carbocycles. The third kappa shape index (κ3) is 3.30. The number of esters is 1. The van der Waals surface area contributed by atoms with Crippen molar-refractivity contribution in [3.8, 4) is 11.5 Å². The molecule has 2 aromatic rings. The summed E-state index contributed by atoms with van der Waals surface area (Å²) in [6.45, 7) is -0.00494. The monoisotopic (exact) mass is 396 g/mol. The minimum absolute atomic E-state index is 0.00494. The highest BCUT2D eigenvalue weighted by Crippen LogP contribution is 2.47. The van der Waals surface area contributed by atoms with Gasteiger partial charge in [-0.25, -0.2) is 4.79 Å². The Bertz CT molecular complexity index is 993. The van der Waals surface area contributed by atoms with E-state index >= 15 is 0 Å². The Kier molecular flexibility index (Phi) is 4.90. The first-order valence-electron chi connectivity index (χ1n) is 8.97. The van der Waals surface area contributed by atoms with Crippen molar-refractivity contribution in [3.63, 3.8) is 0 Å². The molecule has 7 nitrogen and oxygen atoms in total. The maximum atomic E-state index is 12.8. The number of methoxy groups -OCH3 is 2. The SMILES string of the molecule is COc1ccc(C2(O)OC(=O)C(C3=COCO3)=C2Cc2ccccc2)c(OC)c1. The van der Waals surface area contributed by atoms with Crippen LogP contribution in [0.4, 0.5) is 0 Å². The van der Waals surface area contributed by atoms with Crippen molar-refractivity contribution in [1.82, 2.24) is 0 Å². The number of carbonyl (C=O) groups excluding carboxylic acids is 1. The Morgan fingerprint density at radius 1 is 1.10 bits per heavy atom. The molecule has 2 aliphatic rings. The number of rotatable bonds is 6. The van der Waals surface area contributed by atoms with Gasteiger partial charge >= 0.3 is 5.97 Å². The first kappa shape index (κ1) is 18.9. The summed E-state index contributed by atoms with van der Waals surface area (Å²) in [5, 5.41) is 11.6. The van der Waals surface area contributed by atoms with Crippen LogP contribution in [-0.4, -0.2) is 32.1 Å². The number of benzene rings is 2. The number of carbonyl (C=O) groups is 1. The molecule has 0 saturated heterocycles. The van der Waals surface area contributed by atoms with Crippen LogP contribution in [0.1, 0.15) is 11.1 Å². The van der Waals surface area contributed by atoms with E-state index in [0.29, 0.717) is 17.1 Å². The molecule has 1 unspecified atom stereocenters. The van der Waals surface area contributed by atoms with Crippen LogP contribution in [0, 0.1) is 0 Å². The zero-order valence-corrected chi connectivity index (χ0v) is 16.0. The normalized spacial score (nSPS) is 20.7. The van der Waals surface area contributed by atoms with Gasteiger partial charge in [0.15, 0.2) is 5.76 Å². The van der Waals surface area contributed by atoms with E-state index in [9.17, 15) is 9.90 Å². The summed E-state index contributed by atoms with van der Waals surface area (Å²) < 4.78 is 26.7. The van der Waals surface area contributed by atoms with Gasteiger partial charge in [-0.15, -0.1) is 0 Å². The minimum Gasteiger partial charge on any atom is -0.497 e. The van der Waals surface area contributed by atoms with Gasteiger partial charge in [0, 0.05) is 18.1 Å². The van der Waals surface area contributed by atoms with Crippen LogP contribution in [0.5, 0.6) is 11.5 Å². The number of aliphatic hydroxyl groups is 1. The first-order valence-corrected chi connectivity index (χ1v) is 8.97. The summed E-state index contributed by atoms with van der Waals surface area (Å²) in [7, 11) is 3.00. The molecule has 4 rings (SSSR count). The highest BCUT2D eigenvalue weighted by Gasteiger charge is 2.51. The fourth-order valence-corrected chi connectivity index (χ4v) is 3.47. The van der Waals surface area contributed by atoms with Crippen molar-refractivity contribution in [2.75, 3.05) is 21.0 Å². The third-order valence-corrected chi connectivity index (χ3v) is 4.87. The molecular weight excluding hydrogens is 376 g/mol. The molecule has 0 amide bonds. The Morgan fingerprint density at radius 2 is 1.90 bits per heavy atom. The van der Waals surface area contributed by atoms with Crippen molar-refractivity contribution in [2.45, 2.75) is 12.2 Å². The van der Waals surface area contributed by atoms with E-state index in [1.807, 2.05) is 30.3 Å². The van der Waals surface area contributed by atoms with Crippen molar-refractivity contribution in [3.05, 3.63) is 82.8 Å². The quantitative estimate of drug-likeness (QED) is 0.752. The lowest BCUT2D eigenvalue weighted by molar-refractivity contribution is -0.186. The molecule has 0 spiro atoms. The third-order valence-electron chi connectivity index (χ3n) is 4.87. The molecule has 29 heavy (non-hydrogen) atoms. The average molecular weight is 396 g/mol. The summed E-state index contributed by atoms with van der Waals surface area (Å²) in [5.74, 6) is -1.64. The molecular formula is C22H20O7. The van der Waals surface area contributed by atoms with Crippen LogP contribution in [-0.2, 0) is 31.2 Å². The highest BCUT2D eigenvalue weighted by atomic mass is 16.7. The van der Waals surface area contributed by atoms with Gasteiger partial charge in [-0.3, -0.25) is 0 Å². The Morgan fingerprint density at radius 3 is 2.55 bits per heavy atom. The van der Waals surface area contributed by atoms with E-state index in [1.165, 1.54) is 20.5 Å². The second-order valence-corrected chi connectivity index (χ2v) is 6.53. The van der Waals surface area contributed by atoms with Gasteiger partial charge in [-0.05, 0) is 17.7 Å². The van der Waals surface area contributed by atoms with E-state index in [-0.39, 0.29) is 30.1 Å². The summed E-state index contributed by atoms with van der Waals surface area (Å²) in [5.41, 5.74) is 1.67. The molecule has 1 atom stereocenters. The average Bonchev–Trinajstić information content (AvgIpc) is 3.35. The smallest absolute Gasteiger partial charge is 0.345 e. The van der Waals surface area contributed by atoms with E-state index < -0.39 is 11.8 Å². The lowest BCUT2D eigenvalue weighted by Crippen LogP contribution is -2.30. The Labute approximate surface area is 167 Å². The fraction of sp³-hybridized carbons (Fsp3) is 0.227. The summed E-state index contributed by atoms with van der Waals surface area (Å²) >= 11 is 0. The minimum atomic E-state index is -2.04. The summed E-state index contributed by atoms with van der Waals surface area (Å²) in [4.78, 5) is 12.8. The summed E-state index contributed by atoms with van der Waals surface area (Å²) in [6, 6.07) is 14.4. The van der Waals surface area contributed by atoms with E-state index in [1.54, 1.807) is 18.2 Å². The van der Waals surface area contributed by atoms with Gasteiger partial charge in [0.2, 0.25) is 6.79 Å². The van der Waals surface area contributed by atoms with Crippen LogP contribution < -0.4 is 9.47 Å². The molecule has 2 aromatic carbocycles. The van der Waals surface area contributed by atoms with E-state index in [2.05, 4.69) is 0 Å². The molecule has 0 fully saturated rings. The van der Waals surface area contributed by atoms with Gasteiger partial charge in [-0.2, -0.15) is 0 Å². The van der Waals surface area contributed by atoms with Crippen molar-refractivity contribution >= 4 is 5.97 Å². The molecule has 0 aromatic heterocycles. The van der Waals surface area contributed by atoms with Gasteiger partial charge in [0.1, 0.15) is 23.3 Å². The van der Waals surface area contributed by atoms with Crippen molar-refractivity contribution in [2.24, 2.45) is 0 Å². The molecule has 1 N–H and O–H groups in total. The highest BCUT2D eigenvalue weighted by molar-refractivity contribution is 5.97. The lowest BCUT2D eigenvalue weighted by Gasteiger charge is -2.27. The molecule has 2 aliphatic heterocycles. The van der Waals surface area contributed by atoms with Gasteiger partial charge in [0.05, 0.1) is 19.8 Å². The standard InChI is InChI=1S/C22H20O7/c1-25-15-8-9-16(18(11-15)26-2)22(24)17(10-14-6-4-3-5-7-14)20(21(23)29-22)19-12-27-13-28-19/h3-9,11-12,24H,10,13H2,1-2H3. The second kappa shape index (κ2) is 7.52. The predicted molar refractivity (Wildman–Crippen MR) is 102 cm³/mol. The summed E-state index contributed by atoms with van der Waals surface area (Å²) in [6.07, 6.45) is 1.60. The maximum Gasteiger partial charge on any atom is 0.345 e. The molecule has 7 heteroatoms. The number of hydrogen-bond acceptors (Lipinski definition) is 7. The number of hydrogen-bond donors (Lipinski definition) is 1. The molecule has 150 valence electrons. The maximum absolute atomic E-state index is 12.8. The number of ether oxygens (including phenoxy) is 5. The fourth-order valence-electron chi connectivity index (χ4n) is 3.47. The van der Waals surface area contributed by atoms with Crippen LogP contribution in [0.25, 0.3) is 0 Å². The Hall–Kier alpha value is -3.45. The largest absolute Gasteiger partial charge is 0.497 e. The van der Waals surface area contributed by atoms with Crippen molar-refractivity contribution < 1.29 is 33.6 Å². The van der Waals surface area contributed by atoms with E-state index in [0.717, 1.165) is 5.56 Å². The first-order chi connectivity index (χ1) is 14.1. The Balaban J connectivity index is 1.88. The topological polar surface area (TPSA) is 83.5 Å². The zero-order valence-electron chi connectivity index (χ0n) is 16.0. The van der Waals surface area contributed by atoms with Crippen LogP contribution in [0.3, 0.4) is 0 Å². The molecule has 0 radical (unpaired) electrons. The number of cyclic esters (lactones) is 1. The van der Waals surface area contributed by atoms with Crippen molar-refractivity contribution in [1.29, 1.82) is 0 Å².